The van der Waals surface area contributed by atoms with Gasteiger partial charge in [0, 0.05) is 14.9 Å². The molecular weight excluding hydrogens is 393 g/mol. The predicted octanol–water partition coefficient (Wildman–Crippen LogP) is 8.51. The second-order valence-electron chi connectivity index (χ2n) is 7.24. The molecule has 3 rings (SSSR count). The van der Waals surface area contributed by atoms with E-state index >= 15 is 0 Å². The Morgan fingerprint density at radius 3 is 1.85 bits per heavy atom. The van der Waals surface area contributed by atoms with Gasteiger partial charge in [-0.3, -0.25) is 0 Å². The van der Waals surface area contributed by atoms with E-state index in [1.807, 2.05) is 36.4 Å². The molecular formula is C23H21Cl2NS. The lowest BCUT2D eigenvalue weighted by molar-refractivity contribution is 0.869. The Labute approximate surface area is 175 Å². The van der Waals surface area contributed by atoms with Crippen molar-refractivity contribution in [2.45, 2.75) is 39.5 Å². The third kappa shape index (κ3) is 4.06. The topological polar surface area (TPSA) is 23.8 Å². The van der Waals surface area contributed by atoms with Crippen LogP contribution in [0.2, 0.25) is 10.0 Å². The summed E-state index contributed by atoms with van der Waals surface area (Å²) in [6, 6.07) is 16.3. The van der Waals surface area contributed by atoms with E-state index in [4.69, 9.17) is 23.2 Å². The molecule has 0 aliphatic heterocycles. The molecule has 0 saturated carbocycles. The van der Waals surface area contributed by atoms with Gasteiger partial charge in [-0.2, -0.15) is 5.26 Å². The molecule has 0 aliphatic carbocycles. The van der Waals surface area contributed by atoms with E-state index in [-0.39, 0.29) is 0 Å². The molecule has 138 valence electrons. The monoisotopic (exact) mass is 413 g/mol. The van der Waals surface area contributed by atoms with Gasteiger partial charge in [0.1, 0.15) is 6.07 Å². The van der Waals surface area contributed by atoms with Crippen LogP contribution in [-0.4, -0.2) is 0 Å². The minimum absolute atomic E-state index is 0.317. The first-order chi connectivity index (χ1) is 12.8. The van der Waals surface area contributed by atoms with Crippen molar-refractivity contribution in [1.82, 2.24) is 0 Å². The van der Waals surface area contributed by atoms with Crippen LogP contribution < -0.4 is 0 Å². The van der Waals surface area contributed by atoms with Gasteiger partial charge in [0.05, 0.1) is 10.4 Å². The lowest BCUT2D eigenvalue weighted by Gasteiger charge is -2.13. The lowest BCUT2D eigenvalue weighted by atomic mass is 9.94. The van der Waals surface area contributed by atoms with Gasteiger partial charge in [-0.05, 0) is 64.4 Å². The number of hydrogen-bond acceptors (Lipinski definition) is 2. The Bertz CT molecular complexity index is 1030. The largest absolute Gasteiger partial charge is 0.192 e. The van der Waals surface area contributed by atoms with Crippen LogP contribution in [0.25, 0.3) is 20.9 Å². The minimum Gasteiger partial charge on any atom is -0.192 e. The number of nitrogens with zero attached hydrogens (tertiary/aromatic N) is 1. The highest BCUT2D eigenvalue weighted by Crippen LogP contribution is 2.43. The third-order valence-electron chi connectivity index (χ3n) is 4.63. The maximum atomic E-state index is 9.76. The molecule has 0 atom stereocenters. The van der Waals surface area contributed by atoms with Crippen molar-refractivity contribution in [3.8, 4) is 27.0 Å². The van der Waals surface area contributed by atoms with Gasteiger partial charge in [-0.25, -0.2) is 0 Å². The summed E-state index contributed by atoms with van der Waals surface area (Å²) in [7, 11) is 0. The summed E-state index contributed by atoms with van der Waals surface area (Å²) in [5.41, 5.74) is 5.28. The summed E-state index contributed by atoms with van der Waals surface area (Å²) in [4.78, 5) is 2.09. The van der Waals surface area contributed by atoms with Crippen LogP contribution >= 0.6 is 34.5 Å². The molecule has 27 heavy (non-hydrogen) atoms. The molecule has 0 spiro atoms. The fourth-order valence-electron chi connectivity index (χ4n) is 3.26. The van der Waals surface area contributed by atoms with Crippen LogP contribution in [0.4, 0.5) is 0 Å². The lowest BCUT2D eigenvalue weighted by Crippen LogP contribution is -1.92. The van der Waals surface area contributed by atoms with Gasteiger partial charge >= 0.3 is 0 Å². The highest BCUT2D eigenvalue weighted by atomic mass is 35.5. The predicted molar refractivity (Wildman–Crippen MR) is 118 cm³/mol. The molecule has 3 aromatic rings. The Morgan fingerprint density at radius 2 is 1.33 bits per heavy atom. The van der Waals surface area contributed by atoms with Gasteiger partial charge in [-0.1, -0.05) is 63.0 Å². The first-order valence-corrected chi connectivity index (χ1v) is 10.5. The molecule has 0 N–H and O–H groups in total. The van der Waals surface area contributed by atoms with E-state index in [1.54, 1.807) is 11.3 Å². The normalized spacial score (nSPS) is 11.2. The molecule has 0 radical (unpaired) electrons. The van der Waals surface area contributed by atoms with Crippen LogP contribution in [0.15, 0.2) is 42.5 Å². The smallest absolute Gasteiger partial charge is 0.101 e. The van der Waals surface area contributed by atoms with Crippen molar-refractivity contribution >= 4 is 34.5 Å². The average Bonchev–Trinajstić information content (AvgIpc) is 3.05. The molecule has 0 amide bonds. The molecule has 0 bridgehead atoms. The van der Waals surface area contributed by atoms with Gasteiger partial charge in [0.2, 0.25) is 0 Å². The number of thiophene rings is 1. The van der Waals surface area contributed by atoms with Crippen LogP contribution in [0.3, 0.4) is 0 Å². The second-order valence-corrected chi connectivity index (χ2v) is 9.16. The average molecular weight is 414 g/mol. The zero-order chi connectivity index (χ0) is 19.7. The Balaban J connectivity index is 2.22. The Kier molecular flexibility index (Phi) is 5.96. The van der Waals surface area contributed by atoms with Crippen LogP contribution in [0, 0.1) is 11.3 Å². The van der Waals surface area contributed by atoms with Crippen LogP contribution in [0.1, 0.15) is 56.2 Å². The highest BCUT2D eigenvalue weighted by Gasteiger charge is 2.19. The first kappa shape index (κ1) is 20.0. The van der Waals surface area contributed by atoms with Gasteiger partial charge < -0.3 is 0 Å². The molecule has 1 aromatic heterocycles. The zero-order valence-electron chi connectivity index (χ0n) is 15.8. The van der Waals surface area contributed by atoms with Crippen molar-refractivity contribution in [1.29, 1.82) is 5.26 Å². The van der Waals surface area contributed by atoms with E-state index in [0.29, 0.717) is 17.4 Å². The SMILES string of the molecule is CC(C)c1cc(Cl)ccc1-c1cc(C#N)c(-c2ccc(Cl)cc2C(C)C)s1. The summed E-state index contributed by atoms with van der Waals surface area (Å²) in [6.07, 6.45) is 0. The molecule has 1 nitrogen and oxygen atoms in total. The van der Waals surface area contributed by atoms with Gasteiger partial charge in [0.15, 0.2) is 0 Å². The summed E-state index contributed by atoms with van der Waals surface area (Å²) < 4.78 is 0. The maximum absolute atomic E-state index is 9.76. The van der Waals surface area contributed by atoms with E-state index in [0.717, 1.165) is 36.5 Å². The minimum atomic E-state index is 0.317. The summed E-state index contributed by atoms with van der Waals surface area (Å²) in [5.74, 6) is 0.661. The van der Waals surface area contributed by atoms with Crippen molar-refractivity contribution in [3.63, 3.8) is 0 Å². The van der Waals surface area contributed by atoms with E-state index in [1.165, 1.54) is 5.56 Å². The molecule has 0 saturated heterocycles. The summed E-state index contributed by atoms with van der Waals surface area (Å²) >= 11 is 14.1. The standard InChI is InChI=1S/C23H21Cl2NS/c1-13(2)20-10-16(24)5-7-18(20)22-9-15(12-26)23(27-22)19-8-6-17(25)11-21(19)14(3)4/h5-11,13-14H,1-4H3. The number of benzene rings is 2. The zero-order valence-corrected chi connectivity index (χ0v) is 18.1. The number of halogens is 2. The van der Waals surface area contributed by atoms with Gasteiger partial charge in [0.25, 0.3) is 0 Å². The molecule has 1 heterocycles. The summed E-state index contributed by atoms with van der Waals surface area (Å²) in [6.45, 7) is 8.60. The number of rotatable bonds is 4. The van der Waals surface area contributed by atoms with Crippen molar-refractivity contribution in [2.75, 3.05) is 0 Å². The van der Waals surface area contributed by atoms with Crippen LogP contribution in [-0.2, 0) is 0 Å². The fourth-order valence-corrected chi connectivity index (χ4v) is 4.82. The maximum Gasteiger partial charge on any atom is 0.101 e. The van der Waals surface area contributed by atoms with E-state index in [2.05, 4.69) is 39.8 Å². The number of hydrogen-bond donors (Lipinski definition) is 0. The summed E-state index contributed by atoms with van der Waals surface area (Å²) in [5, 5.41) is 11.2. The number of nitriles is 1. The molecule has 0 fully saturated rings. The molecule has 0 unspecified atom stereocenters. The van der Waals surface area contributed by atoms with Gasteiger partial charge in [-0.15, -0.1) is 11.3 Å². The van der Waals surface area contributed by atoms with Crippen molar-refractivity contribution < 1.29 is 0 Å². The Morgan fingerprint density at radius 1 is 0.815 bits per heavy atom. The van der Waals surface area contributed by atoms with Crippen LogP contribution in [0.5, 0.6) is 0 Å². The third-order valence-corrected chi connectivity index (χ3v) is 6.31. The Hall–Kier alpha value is -1.79. The van der Waals surface area contributed by atoms with E-state index in [9.17, 15) is 5.26 Å². The molecule has 2 aromatic carbocycles. The quantitative estimate of drug-likeness (QED) is 0.420. The highest BCUT2D eigenvalue weighted by molar-refractivity contribution is 7.19. The second kappa shape index (κ2) is 8.07. The molecule has 0 aliphatic rings. The van der Waals surface area contributed by atoms with Crippen molar-refractivity contribution in [3.05, 3.63) is 69.2 Å². The molecule has 4 heteroatoms. The fraction of sp³-hybridized carbons (Fsp3) is 0.261. The van der Waals surface area contributed by atoms with E-state index < -0.39 is 0 Å². The first-order valence-electron chi connectivity index (χ1n) is 8.95. The van der Waals surface area contributed by atoms with Crippen molar-refractivity contribution in [2.24, 2.45) is 0 Å².